The van der Waals surface area contributed by atoms with Crippen LogP contribution in [0.2, 0.25) is 0 Å². The number of carbonyl (C=O) groups excluding carboxylic acids is 1. The molecule has 0 unspecified atom stereocenters. The highest BCUT2D eigenvalue weighted by molar-refractivity contribution is 5.76. The van der Waals surface area contributed by atoms with Crippen molar-refractivity contribution in [2.75, 3.05) is 7.05 Å². The van der Waals surface area contributed by atoms with Crippen molar-refractivity contribution in [3.63, 3.8) is 0 Å². The third-order valence-corrected chi connectivity index (χ3v) is 2.98. The summed E-state index contributed by atoms with van der Waals surface area (Å²) in [4.78, 5) is 13.5. The van der Waals surface area contributed by atoms with E-state index < -0.39 is 0 Å². The van der Waals surface area contributed by atoms with Gasteiger partial charge in [-0.05, 0) is 19.3 Å². The third kappa shape index (κ3) is 3.02. The van der Waals surface area contributed by atoms with Gasteiger partial charge in [0.1, 0.15) is 0 Å². The highest BCUT2D eigenvalue weighted by Crippen LogP contribution is 2.22. The first-order valence-corrected chi connectivity index (χ1v) is 5.51. The number of amides is 1. The van der Waals surface area contributed by atoms with E-state index in [0.717, 1.165) is 6.42 Å². The van der Waals surface area contributed by atoms with Crippen LogP contribution in [0.1, 0.15) is 51.9 Å². The molecule has 0 N–H and O–H groups in total. The van der Waals surface area contributed by atoms with Gasteiger partial charge in [0.2, 0.25) is 5.91 Å². The first-order valence-electron chi connectivity index (χ1n) is 5.51. The topological polar surface area (TPSA) is 20.3 Å². The molecule has 0 atom stereocenters. The van der Waals surface area contributed by atoms with Gasteiger partial charge >= 0.3 is 0 Å². The molecule has 1 fully saturated rings. The smallest absolute Gasteiger partial charge is 0.222 e. The summed E-state index contributed by atoms with van der Waals surface area (Å²) in [5.74, 6) is 0.328. The van der Waals surface area contributed by atoms with Crippen LogP contribution in [-0.4, -0.2) is 23.9 Å². The molecule has 0 aliphatic heterocycles. The Balaban J connectivity index is 2.35. The quantitative estimate of drug-likeness (QED) is 0.658. The van der Waals surface area contributed by atoms with Crippen molar-refractivity contribution in [1.29, 1.82) is 0 Å². The fraction of sp³-hybridized carbons (Fsp3) is 0.909. The Kier molecular flexibility index (Phi) is 4.26. The summed E-state index contributed by atoms with van der Waals surface area (Å²) in [7, 11) is 1.97. The summed E-state index contributed by atoms with van der Waals surface area (Å²) in [6.07, 6.45) is 8.07. The van der Waals surface area contributed by atoms with Crippen molar-refractivity contribution in [1.82, 2.24) is 4.90 Å². The van der Waals surface area contributed by atoms with Crippen LogP contribution in [0.25, 0.3) is 0 Å². The molecule has 0 aromatic heterocycles. The molecule has 0 aromatic rings. The van der Waals surface area contributed by atoms with Crippen LogP contribution in [0.4, 0.5) is 0 Å². The van der Waals surface area contributed by atoms with E-state index in [1.54, 1.807) is 0 Å². The molecular weight excluding hydrogens is 162 g/mol. The second kappa shape index (κ2) is 5.25. The van der Waals surface area contributed by atoms with Gasteiger partial charge < -0.3 is 4.90 Å². The highest BCUT2D eigenvalue weighted by Gasteiger charge is 2.20. The molecule has 1 saturated carbocycles. The van der Waals surface area contributed by atoms with Gasteiger partial charge in [0.25, 0.3) is 0 Å². The molecule has 13 heavy (non-hydrogen) atoms. The fourth-order valence-electron chi connectivity index (χ4n) is 2.06. The molecule has 2 heteroatoms. The van der Waals surface area contributed by atoms with Gasteiger partial charge in [0.05, 0.1) is 0 Å². The lowest BCUT2D eigenvalue weighted by Crippen LogP contribution is -2.38. The summed E-state index contributed by atoms with van der Waals surface area (Å²) >= 11 is 0. The fourth-order valence-corrected chi connectivity index (χ4v) is 2.06. The molecule has 2 nitrogen and oxygen atoms in total. The van der Waals surface area contributed by atoms with Crippen LogP contribution in [0.5, 0.6) is 0 Å². The molecule has 1 rings (SSSR count). The van der Waals surface area contributed by atoms with Gasteiger partial charge in [0, 0.05) is 19.5 Å². The Hall–Kier alpha value is -0.530. The Morgan fingerprint density at radius 2 is 1.92 bits per heavy atom. The largest absolute Gasteiger partial charge is 0.343 e. The van der Waals surface area contributed by atoms with E-state index in [-0.39, 0.29) is 0 Å². The van der Waals surface area contributed by atoms with Crippen molar-refractivity contribution in [3.05, 3.63) is 0 Å². The first kappa shape index (κ1) is 10.6. The predicted molar refractivity (Wildman–Crippen MR) is 54.6 cm³/mol. The highest BCUT2D eigenvalue weighted by atomic mass is 16.2. The lowest BCUT2D eigenvalue weighted by molar-refractivity contribution is -0.132. The Morgan fingerprint density at radius 1 is 1.31 bits per heavy atom. The van der Waals surface area contributed by atoms with Crippen molar-refractivity contribution in [2.24, 2.45) is 0 Å². The van der Waals surface area contributed by atoms with E-state index in [0.29, 0.717) is 18.4 Å². The minimum Gasteiger partial charge on any atom is -0.343 e. The molecule has 0 spiro atoms. The summed E-state index contributed by atoms with van der Waals surface area (Å²) in [5.41, 5.74) is 0. The molecule has 0 saturated heterocycles. The van der Waals surface area contributed by atoms with Crippen molar-refractivity contribution >= 4 is 5.91 Å². The summed E-state index contributed by atoms with van der Waals surface area (Å²) < 4.78 is 0. The van der Waals surface area contributed by atoms with Crippen molar-refractivity contribution in [3.8, 4) is 0 Å². The maximum Gasteiger partial charge on any atom is 0.222 e. The third-order valence-electron chi connectivity index (χ3n) is 2.98. The number of carbonyl (C=O) groups is 1. The zero-order valence-electron chi connectivity index (χ0n) is 8.88. The minimum atomic E-state index is 0.328. The molecule has 1 aliphatic carbocycles. The molecule has 76 valence electrons. The SMILES string of the molecule is CCCC(=O)N(C)C1CCCCC1. The van der Waals surface area contributed by atoms with Crippen LogP contribution in [-0.2, 0) is 4.79 Å². The number of hydrogen-bond donors (Lipinski definition) is 0. The van der Waals surface area contributed by atoms with Crippen molar-refractivity contribution in [2.45, 2.75) is 57.9 Å². The number of rotatable bonds is 3. The number of nitrogens with zero attached hydrogens (tertiary/aromatic N) is 1. The van der Waals surface area contributed by atoms with Gasteiger partial charge in [-0.1, -0.05) is 26.2 Å². The van der Waals surface area contributed by atoms with E-state index in [1.807, 2.05) is 11.9 Å². The molecule has 1 amide bonds. The molecule has 0 aromatic carbocycles. The molecule has 1 aliphatic rings. The van der Waals surface area contributed by atoms with Crippen LogP contribution in [0.3, 0.4) is 0 Å². The summed E-state index contributed by atoms with van der Waals surface area (Å²) in [6.45, 7) is 2.06. The standard InChI is InChI=1S/C11H21NO/c1-3-7-11(13)12(2)10-8-5-4-6-9-10/h10H,3-9H2,1-2H3. The van der Waals surface area contributed by atoms with Crippen LogP contribution in [0.15, 0.2) is 0 Å². The van der Waals surface area contributed by atoms with Gasteiger partial charge in [-0.25, -0.2) is 0 Å². The van der Waals surface area contributed by atoms with E-state index >= 15 is 0 Å². The molecular formula is C11H21NO. The normalized spacial score (nSPS) is 18.6. The molecule has 0 radical (unpaired) electrons. The van der Waals surface area contributed by atoms with Crippen molar-refractivity contribution < 1.29 is 4.79 Å². The van der Waals surface area contributed by atoms with Crippen LogP contribution in [0, 0.1) is 0 Å². The summed E-state index contributed by atoms with van der Waals surface area (Å²) in [6, 6.07) is 0.535. The predicted octanol–water partition coefficient (Wildman–Crippen LogP) is 2.58. The van der Waals surface area contributed by atoms with Crippen LogP contribution < -0.4 is 0 Å². The maximum atomic E-state index is 11.6. The zero-order chi connectivity index (χ0) is 9.68. The van der Waals surface area contributed by atoms with E-state index in [4.69, 9.17) is 0 Å². The Labute approximate surface area is 81.3 Å². The number of hydrogen-bond acceptors (Lipinski definition) is 1. The second-order valence-corrected chi connectivity index (χ2v) is 4.05. The lowest BCUT2D eigenvalue weighted by atomic mass is 9.94. The molecule has 0 bridgehead atoms. The Bertz CT molecular complexity index is 161. The zero-order valence-corrected chi connectivity index (χ0v) is 8.88. The average molecular weight is 183 g/mol. The maximum absolute atomic E-state index is 11.6. The van der Waals surface area contributed by atoms with E-state index in [1.165, 1.54) is 32.1 Å². The lowest BCUT2D eigenvalue weighted by Gasteiger charge is -2.31. The van der Waals surface area contributed by atoms with Gasteiger partial charge in [0.15, 0.2) is 0 Å². The van der Waals surface area contributed by atoms with Gasteiger partial charge in [-0.3, -0.25) is 4.79 Å². The van der Waals surface area contributed by atoms with Crippen LogP contribution >= 0.6 is 0 Å². The Morgan fingerprint density at radius 3 is 2.46 bits per heavy atom. The second-order valence-electron chi connectivity index (χ2n) is 4.05. The van der Waals surface area contributed by atoms with Gasteiger partial charge in [-0.15, -0.1) is 0 Å². The van der Waals surface area contributed by atoms with Gasteiger partial charge in [-0.2, -0.15) is 0 Å². The monoisotopic (exact) mass is 183 g/mol. The summed E-state index contributed by atoms with van der Waals surface area (Å²) in [5, 5.41) is 0. The molecule has 0 heterocycles. The average Bonchev–Trinajstić information content (AvgIpc) is 2.18. The van der Waals surface area contributed by atoms with E-state index in [2.05, 4.69) is 6.92 Å². The first-order chi connectivity index (χ1) is 6.25. The minimum absolute atomic E-state index is 0.328. The van der Waals surface area contributed by atoms with E-state index in [9.17, 15) is 4.79 Å².